The van der Waals surface area contributed by atoms with E-state index in [1.54, 1.807) is 0 Å². The Morgan fingerprint density at radius 3 is 2.24 bits per heavy atom. The molecule has 0 radical (unpaired) electrons. The molecular formula is C20H37NO2S2. The molecular weight excluding hydrogens is 350 g/mol. The summed E-state index contributed by atoms with van der Waals surface area (Å²) in [6.07, 6.45) is 15.6. The van der Waals surface area contributed by atoms with Gasteiger partial charge in [-0.05, 0) is 52.6 Å². The number of rotatable bonds is 16. The SMILES string of the molecule is CC/C=C/CCCSSCC(CN(C)C)OC(=O)CCC/C=C/CC. The molecule has 1 atom stereocenters. The van der Waals surface area contributed by atoms with Crippen molar-refractivity contribution in [2.75, 3.05) is 32.1 Å². The van der Waals surface area contributed by atoms with Gasteiger partial charge in [0.2, 0.25) is 0 Å². The van der Waals surface area contributed by atoms with Gasteiger partial charge in [0.15, 0.2) is 0 Å². The van der Waals surface area contributed by atoms with Gasteiger partial charge in [0, 0.05) is 24.5 Å². The standard InChI is InChI=1S/C20H37NO2S2/c1-5-7-9-11-13-15-20(22)23-19(17-21(3)4)18-25-24-16-14-12-10-8-6-2/h7-10,19H,5-6,11-18H2,1-4H3/b9-7+,10-8+. The molecule has 5 heteroatoms. The van der Waals surface area contributed by atoms with Crippen LogP contribution in [0.25, 0.3) is 0 Å². The van der Waals surface area contributed by atoms with Crippen LogP contribution in [0.3, 0.4) is 0 Å². The van der Waals surface area contributed by atoms with Crippen LogP contribution in [0.5, 0.6) is 0 Å². The Bertz CT molecular complexity index is 371. The van der Waals surface area contributed by atoms with E-state index >= 15 is 0 Å². The second kappa shape index (κ2) is 18.4. The van der Waals surface area contributed by atoms with Crippen molar-refractivity contribution in [2.24, 2.45) is 0 Å². The molecule has 0 aromatic carbocycles. The van der Waals surface area contributed by atoms with E-state index in [0.29, 0.717) is 6.42 Å². The number of nitrogens with zero attached hydrogens (tertiary/aromatic N) is 1. The van der Waals surface area contributed by atoms with E-state index in [4.69, 9.17) is 4.74 Å². The molecule has 0 aliphatic carbocycles. The molecule has 1 unspecified atom stereocenters. The van der Waals surface area contributed by atoms with E-state index in [-0.39, 0.29) is 12.1 Å². The first kappa shape index (κ1) is 24.6. The van der Waals surface area contributed by atoms with Crippen molar-refractivity contribution < 1.29 is 9.53 Å². The number of carbonyl (C=O) groups is 1. The van der Waals surface area contributed by atoms with Crippen molar-refractivity contribution in [3.63, 3.8) is 0 Å². The number of hydrogen-bond acceptors (Lipinski definition) is 5. The van der Waals surface area contributed by atoms with E-state index in [1.165, 1.54) is 6.42 Å². The fourth-order valence-electron chi connectivity index (χ4n) is 2.15. The van der Waals surface area contributed by atoms with Crippen LogP contribution >= 0.6 is 21.6 Å². The normalized spacial score (nSPS) is 13.2. The minimum Gasteiger partial charge on any atom is -0.460 e. The van der Waals surface area contributed by atoms with Gasteiger partial charge in [0.25, 0.3) is 0 Å². The molecule has 0 heterocycles. The van der Waals surface area contributed by atoms with Gasteiger partial charge < -0.3 is 9.64 Å². The highest BCUT2D eigenvalue weighted by Gasteiger charge is 2.15. The first-order valence-corrected chi connectivity index (χ1v) is 12.0. The van der Waals surface area contributed by atoms with Crippen LogP contribution in [0, 0.1) is 0 Å². The van der Waals surface area contributed by atoms with E-state index in [1.807, 2.05) is 35.7 Å². The summed E-state index contributed by atoms with van der Waals surface area (Å²) in [6, 6.07) is 0. The second-order valence-electron chi connectivity index (χ2n) is 6.27. The van der Waals surface area contributed by atoms with Crippen LogP contribution in [0.4, 0.5) is 0 Å². The molecule has 0 N–H and O–H groups in total. The predicted octanol–water partition coefficient (Wildman–Crippen LogP) is 5.72. The monoisotopic (exact) mass is 387 g/mol. The number of allylic oxidation sites excluding steroid dienone is 4. The van der Waals surface area contributed by atoms with Gasteiger partial charge in [-0.2, -0.15) is 0 Å². The summed E-state index contributed by atoms with van der Waals surface area (Å²) in [5.41, 5.74) is 0. The van der Waals surface area contributed by atoms with E-state index in [2.05, 4.69) is 43.1 Å². The number of carbonyl (C=O) groups excluding carboxylic acids is 1. The largest absolute Gasteiger partial charge is 0.460 e. The molecule has 146 valence electrons. The summed E-state index contributed by atoms with van der Waals surface area (Å²) in [6.45, 7) is 5.07. The predicted molar refractivity (Wildman–Crippen MR) is 115 cm³/mol. The summed E-state index contributed by atoms with van der Waals surface area (Å²) in [4.78, 5) is 14.1. The average molecular weight is 388 g/mol. The topological polar surface area (TPSA) is 29.5 Å². The van der Waals surface area contributed by atoms with Gasteiger partial charge in [0.05, 0.1) is 0 Å². The lowest BCUT2D eigenvalue weighted by atomic mass is 10.2. The van der Waals surface area contributed by atoms with Gasteiger partial charge in [0.1, 0.15) is 6.10 Å². The van der Waals surface area contributed by atoms with Gasteiger partial charge in [-0.25, -0.2) is 0 Å². The average Bonchev–Trinajstić information content (AvgIpc) is 2.56. The summed E-state index contributed by atoms with van der Waals surface area (Å²) in [5.74, 6) is 1.94. The highest BCUT2D eigenvalue weighted by Crippen LogP contribution is 2.24. The Hall–Kier alpha value is -0.390. The zero-order valence-electron chi connectivity index (χ0n) is 16.5. The quantitative estimate of drug-likeness (QED) is 0.146. The Morgan fingerprint density at radius 2 is 1.64 bits per heavy atom. The fraction of sp³-hybridized carbons (Fsp3) is 0.750. The minimum atomic E-state index is -0.0629. The summed E-state index contributed by atoms with van der Waals surface area (Å²) in [7, 11) is 7.75. The van der Waals surface area contributed by atoms with Crippen molar-refractivity contribution in [1.29, 1.82) is 0 Å². The number of esters is 1. The van der Waals surface area contributed by atoms with Crippen molar-refractivity contribution in [3.05, 3.63) is 24.3 Å². The lowest BCUT2D eigenvalue weighted by molar-refractivity contribution is -0.148. The number of hydrogen-bond donors (Lipinski definition) is 0. The molecule has 25 heavy (non-hydrogen) atoms. The smallest absolute Gasteiger partial charge is 0.306 e. The second-order valence-corrected chi connectivity index (χ2v) is 8.90. The maximum absolute atomic E-state index is 12.0. The maximum Gasteiger partial charge on any atom is 0.306 e. The number of ether oxygens (including phenoxy) is 1. The fourth-order valence-corrected chi connectivity index (χ4v) is 4.43. The van der Waals surface area contributed by atoms with Crippen LogP contribution in [0.2, 0.25) is 0 Å². The third-order valence-electron chi connectivity index (χ3n) is 3.36. The number of unbranched alkanes of at least 4 members (excludes halogenated alkanes) is 2. The van der Waals surface area contributed by atoms with Crippen LogP contribution in [-0.4, -0.2) is 49.1 Å². The molecule has 0 amide bonds. The lowest BCUT2D eigenvalue weighted by Gasteiger charge is -2.21. The molecule has 0 rings (SSSR count). The molecule has 0 aromatic heterocycles. The molecule has 0 aliphatic heterocycles. The van der Waals surface area contributed by atoms with Crippen LogP contribution in [-0.2, 0) is 9.53 Å². The molecule has 0 fully saturated rings. The molecule has 0 saturated heterocycles. The summed E-state index contributed by atoms with van der Waals surface area (Å²) < 4.78 is 5.68. The van der Waals surface area contributed by atoms with Crippen LogP contribution < -0.4 is 0 Å². The molecule has 0 spiro atoms. The first-order chi connectivity index (χ1) is 12.1. The zero-order valence-corrected chi connectivity index (χ0v) is 18.2. The number of likely N-dealkylation sites (N-methyl/N-ethyl adjacent to an activating group) is 1. The summed E-state index contributed by atoms with van der Waals surface area (Å²) in [5, 5.41) is 0. The van der Waals surface area contributed by atoms with Crippen molar-refractivity contribution in [3.8, 4) is 0 Å². The Morgan fingerprint density at radius 1 is 1.00 bits per heavy atom. The van der Waals surface area contributed by atoms with Crippen LogP contribution in [0.1, 0.15) is 58.8 Å². The van der Waals surface area contributed by atoms with E-state index in [9.17, 15) is 4.79 Å². The highest BCUT2D eigenvalue weighted by molar-refractivity contribution is 8.76. The highest BCUT2D eigenvalue weighted by atomic mass is 33.1. The molecule has 0 bridgehead atoms. The van der Waals surface area contributed by atoms with Gasteiger partial charge >= 0.3 is 5.97 Å². The first-order valence-electron chi connectivity index (χ1n) is 9.48. The van der Waals surface area contributed by atoms with Crippen molar-refractivity contribution in [1.82, 2.24) is 4.90 Å². The Labute approximate surface area is 163 Å². The van der Waals surface area contributed by atoms with E-state index < -0.39 is 0 Å². The lowest BCUT2D eigenvalue weighted by Crippen LogP contribution is -2.32. The van der Waals surface area contributed by atoms with Crippen LogP contribution in [0.15, 0.2) is 24.3 Å². The Kier molecular flexibility index (Phi) is 18.1. The summed E-state index contributed by atoms with van der Waals surface area (Å²) >= 11 is 0. The Balaban J connectivity index is 3.92. The van der Waals surface area contributed by atoms with Crippen molar-refractivity contribution >= 4 is 27.6 Å². The third-order valence-corrected chi connectivity index (χ3v) is 5.90. The van der Waals surface area contributed by atoms with Gasteiger partial charge in [-0.1, -0.05) is 59.7 Å². The van der Waals surface area contributed by atoms with Gasteiger partial charge in [-0.15, -0.1) is 0 Å². The molecule has 0 aliphatic rings. The van der Waals surface area contributed by atoms with E-state index in [0.717, 1.165) is 50.2 Å². The maximum atomic E-state index is 12.0. The molecule has 3 nitrogen and oxygen atoms in total. The zero-order chi connectivity index (χ0) is 18.8. The van der Waals surface area contributed by atoms with Crippen molar-refractivity contribution in [2.45, 2.75) is 64.9 Å². The third kappa shape index (κ3) is 18.2. The molecule has 0 saturated carbocycles. The molecule has 0 aromatic rings. The minimum absolute atomic E-state index is 0.0221. The van der Waals surface area contributed by atoms with Gasteiger partial charge in [-0.3, -0.25) is 4.79 Å².